The lowest BCUT2D eigenvalue weighted by atomic mass is 10.2. The van der Waals surface area contributed by atoms with Crippen LogP contribution in [-0.2, 0) is 0 Å². The molecule has 6 heteroatoms. The summed E-state index contributed by atoms with van der Waals surface area (Å²) < 4.78 is 52.8. The lowest BCUT2D eigenvalue weighted by Crippen LogP contribution is -2.16. The standard InChI is InChI=1S/C13H7F4NO/c14-8-4-1-3-7(11(8)17)13(19)18-12-9(15)5-2-6-10(12)16/h1-6H,(H,18,19). The summed E-state index contributed by atoms with van der Waals surface area (Å²) >= 11 is 0. The molecule has 0 atom stereocenters. The summed E-state index contributed by atoms with van der Waals surface area (Å²) in [5.41, 5.74) is -1.35. The zero-order valence-electron chi connectivity index (χ0n) is 9.38. The predicted molar refractivity (Wildman–Crippen MR) is 60.7 cm³/mol. The van der Waals surface area contributed by atoms with Gasteiger partial charge in [-0.05, 0) is 24.3 Å². The molecule has 0 heterocycles. The average Bonchev–Trinajstić information content (AvgIpc) is 2.37. The normalized spacial score (nSPS) is 10.3. The second kappa shape index (κ2) is 5.09. The molecule has 2 rings (SSSR count). The topological polar surface area (TPSA) is 29.1 Å². The van der Waals surface area contributed by atoms with Crippen molar-refractivity contribution < 1.29 is 22.4 Å². The average molecular weight is 269 g/mol. The molecule has 0 aliphatic carbocycles. The first kappa shape index (κ1) is 13.1. The minimum absolute atomic E-state index is 0.636. The number of carbonyl (C=O) groups excluding carboxylic acids is 1. The summed E-state index contributed by atoms with van der Waals surface area (Å²) in [6, 6.07) is 5.93. The Labute approximate surface area is 105 Å². The highest BCUT2D eigenvalue weighted by atomic mass is 19.2. The summed E-state index contributed by atoms with van der Waals surface area (Å²) in [6.07, 6.45) is 0. The van der Waals surface area contributed by atoms with E-state index < -0.39 is 40.4 Å². The van der Waals surface area contributed by atoms with Gasteiger partial charge >= 0.3 is 0 Å². The van der Waals surface area contributed by atoms with Gasteiger partial charge < -0.3 is 5.32 Å². The Morgan fingerprint density at radius 2 is 1.37 bits per heavy atom. The molecular formula is C13H7F4NO. The van der Waals surface area contributed by atoms with E-state index >= 15 is 0 Å². The first-order valence-corrected chi connectivity index (χ1v) is 5.20. The van der Waals surface area contributed by atoms with E-state index in [0.29, 0.717) is 0 Å². The van der Waals surface area contributed by atoms with E-state index in [4.69, 9.17) is 0 Å². The van der Waals surface area contributed by atoms with E-state index in [1.54, 1.807) is 0 Å². The quantitative estimate of drug-likeness (QED) is 0.831. The third-order valence-corrected chi connectivity index (χ3v) is 2.40. The fraction of sp³-hybridized carbons (Fsp3) is 0. The maximum absolute atomic E-state index is 13.3. The molecule has 1 amide bonds. The maximum atomic E-state index is 13.3. The van der Waals surface area contributed by atoms with Gasteiger partial charge in [0.1, 0.15) is 17.3 Å². The van der Waals surface area contributed by atoms with E-state index in [2.05, 4.69) is 0 Å². The molecule has 0 aliphatic rings. The molecule has 2 nitrogen and oxygen atoms in total. The van der Waals surface area contributed by atoms with Crippen molar-refractivity contribution in [1.82, 2.24) is 0 Å². The number of halogens is 4. The van der Waals surface area contributed by atoms with Crippen LogP contribution in [0.4, 0.5) is 23.2 Å². The molecule has 19 heavy (non-hydrogen) atoms. The van der Waals surface area contributed by atoms with Gasteiger partial charge in [-0.2, -0.15) is 0 Å². The first-order chi connectivity index (χ1) is 9.00. The molecular weight excluding hydrogens is 262 g/mol. The highest BCUT2D eigenvalue weighted by Crippen LogP contribution is 2.20. The Kier molecular flexibility index (Phi) is 3.50. The van der Waals surface area contributed by atoms with Crippen molar-refractivity contribution in [2.75, 3.05) is 5.32 Å². The number of carbonyl (C=O) groups is 1. The fourth-order valence-corrected chi connectivity index (χ4v) is 1.48. The SMILES string of the molecule is O=C(Nc1c(F)cccc1F)c1cccc(F)c1F. The minimum Gasteiger partial charge on any atom is -0.317 e. The molecule has 0 bridgehead atoms. The summed E-state index contributed by atoms with van der Waals surface area (Å²) in [7, 11) is 0. The highest BCUT2D eigenvalue weighted by molar-refractivity contribution is 6.04. The summed E-state index contributed by atoms with van der Waals surface area (Å²) in [4.78, 5) is 11.6. The van der Waals surface area contributed by atoms with E-state index in [9.17, 15) is 22.4 Å². The monoisotopic (exact) mass is 269 g/mol. The molecule has 1 N–H and O–H groups in total. The van der Waals surface area contributed by atoms with Gasteiger partial charge in [0.15, 0.2) is 11.6 Å². The lowest BCUT2D eigenvalue weighted by Gasteiger charge is -2.08. The van der Waals surface area contributed by atoms with Crippen molar-refractivity contribution >= 4 is 11.6 Å². The fourth-order valence-electron chi connectivity index (χ4n) is 1.48. The zero-order chi connectivity index (χ0) is 14.0. The third kappa shape index (κ3) is 2.57. The molecule has 0 saturated heterocycles. The Bertz CT molecular complexity index is 622. The van der Waals surface area contributed by atoms with E-state index in [-0.39, 0.29) is 0 Å². The predicted octanol–water partition coefficient (Wildman–Crippen LogP) is 3.50. The largest absolute Gasteiger partial charge is 0.317 e. The van der Waals surface area contributed by atoms with E-state index in [1.165, 1.54) is 0 Å². The number of para-hydroxylation sites is 1. The van der Waals surface area contributed by atoms with Crippen LogP contribution in [0.15, 0.2) is 36.4 Å². The van der Waals surface area contributed by atoms with Crippen LogP contribution >= 0.6 is 0 Å². The van der Waals surface area contributed by atoms with Gasteiger partial charge in [-0.3, -0.25) is 4.79 Å². The van der Waals surface area contributed by atoms with Crippen LogP contribution in [0, 0.1) is 23.3 Å². The molecule has 0 fully saturated rings. The van der Waals surface area contributed by atoms with Crippen LogP contribution in [0.1, 0.15) is 10.4 Å². The van der Waals surface area contributed by atoms with Crippen LogP contribution in [-0.4, -0.2) is 5.91 Å². The second-order valence-corrected chi connectivity index (χ2v) is 3.65. The molecule has 2 aromatic carbocycles. The zero-order valence-corrected chi connectivity index (χ0v) is 9.38. The van der Waals surface area contributed by atoms with Gasteiger partial charge in [0.2, 0.25) is 0 Å². The van der Waals surface area contributed by atoms with Crippen molar-refractivity contribution in [1.29, 1.82) is 0 Å². The van der Waals surface area contributed by atoms with Crippen molar-refractivity contribution in [3.05, 3.63) is 65.2 Å². The van der Waals surface area contributed by atoms with Gasteiger partial charge in [-0.15, -0.1) is 0 Å². The Morgan fingerprint density at radius 1 is 0.842 bits per heavy atom. The van der Waals surface area contributed by atoms with Crippen LogP contribution in [0.2, 0.25) is 0 Å². The highest BCUT2D eigenvalue weighted by Gasteiger charge is 2.18. The van der Waals surface area contributed by atoms with Crippen LogP contribution < -0.4 is 5.32 Å². The smallest absolute Gasteiger partial charge is 0.258 e. The number of benzene rings is 2. The maximum Gasteiger partial charge on any atom is 0.258 e. The van der Waals surface area contributed by atoms with Crippen molar-refractivity contribution in [2.45, 2.75) is 0 Å². The minimum atomic E-state index is -1.38. The van der Waals surface area contributed by atoms with Crippen molar-refractivity contribution in [3.63, 3.8) is 0 Å². The first-order valence-electron chi connectivity index (χ1n) is 5.20. The molecule has 0 unspecified atom stereocenters. The number of amides is 1. The molecule has 0 aliphatic heterocycles. The summed E-state index contributed by atoms with van der Waals surface area (Å²) in [5, 5.41) is 1.87. The number of hydrogen-bond donors (Lipinski definition) is 1. The second-order valence-electron chi connectivity index (χ2n) is 3.65. The van der Waals surface area contributed by atoms with Gasteiger partial charge in [0.05, 0.1) is 5.56 Å². The van der Waals surface area contributed by atoms with Crippen LogP contribution in [0.25, 0.3) is 0 Å². The Morgan fingerprint density at radius 3 is 2.00 bits per heavy atom. The third-order valence-electron chi connectivity index (χ3n) is 2.40. The number of anilines is 1. The molecule has 98 valence electrons. The molecule has 0 radical (unpaired) electrons. The number of hydrogen-bond acceptors (Lipinski definition) is 1. The van der Waals surface area contributed by atoms with Crippen molar-refractivity contribution in [3.8, 4) is 0 Å². The van der Waals surface area contributed by atoms with Gasteiger partial charge in [-0.25, -0.2) is 17.6 Å². The molecule has 2 aromatic rings. The van der Waals surface area contributed by atoms with E-state index in [0.717, 1.165) is 36.4 Å². The number of nitrogens with one attached hydrogen (secondary N) is 1. The van der Waals surface area contributed by atoms with Gasteiger partial charge in [-0.1, -0.05) is 12.1 Å². The lowest BCUT2D eigenvalue weighted by molar-refractivity contribution is 0.102. The number of rotatable bonds is 2. The Hall–Kier alpha value is -2.37. The summed E-state index contributed by atoms with van der Waals surface area (Å²) in [6.45, 7) is 0. The molecule has 0 spiro atoms. The molecule has 0 saturated carbocycles. The van der Waals surface area contributed by atoms with Crippen LogP contribution in [0.3, 0.4) is 0 Å². The van der Waals surface area contributed by atoms with Crippen LogP contribution in [0.5, 0.6) is 0 Å². The van der Waals surface area contributed by atoms with Crippen molar-refractivity contribution in [2.24, 2.45) is 0 Å². The van der Waals surface area contributed by atoms with Gasteiger partial charge in [0.25, 0.3) is 5.91 Å². The van der Waals surface area contributed by atoms with E-state index in [1.807, 2.05) is 5.32 Å². The Balaban J connectivity index is 2.34. The molecule has 0 aromatic heterocycles. The van der Waals surface area contributed by atoms with Gasteiger partial charge in [0, 0.05) is 0 Å². The summed E-state index contributed by atoms with van der Waals surface area (Å²) in [5.74, 6) is -5.75.